The minimum absolute atomic E-state index is 0.103. The van der Waals surface area contributed by atoms with Gasteiger partial charge < -0.3 is 13.9 Å². The first-order valence-corrected chi connectivity index (χ1v) is 9.93. The van der Waals surface area contributed by atoms with E-state index in [1.165, 1.54) is 10.9 Å². The van der Waals surface area contributed by atoms with E-state index in [4.69, 9.17) is 4.42 Å². The molecule has 0 N–H and O–H groups in total. The maximum atomic E-state index is 12.7. The molecule has 0 aromatic carbocycles. The maximum Gasteiger partial charge on any atom is 0.257 e. The van der Waals surface area contributed by atoms with Crippen LogP contribution in [0.5, 0.6) is 0 Å². The molecule has 5 nitrogen and oxygen atoms in total. The van der Waals surface area contributed by atoms with Gasteiger partial charge in [0.15, 0.2) is 0 Å². The van der Waals surface area contributed by atoms with Crippen molar-refractivity contribution < 1.29 is 9.21 Å². The average Bonchev–Trinajstić information content (AvgIpc) is 3.21. The Morgan fingerprint density at radius 1 is 1.30 bits per heavy atom. The summed E-state index contributed by atoms with van der Waals surface area (Å²) in [7, 11) is 0. The summed E-state index contributed by atoms with van der Waals surface area (Å²) in [5.74, 6) is 1.41. The molecule has 0 spiro atoms. The lowest BCUT2D eigenvalue weighted by atomic mass is 9.93. The maximum absolute atomic E-state index is 12.7. The zero-order valence-corrected chi connectivity index (χ0v) is 16.1. The van der Waals surface area contributed by atoms with Crippen LogP contribution < -0.4 is 0 Å². The van der Waals surface area contributed by atoms with Gasteiger partial charge in [-0.15, -0.1) is 0 Å². The molecule has 1 fully saturated rings. The predicted octanol–water partition coefficient (Wildman–Crippen LogP) is 4.44. The summed E-state index contributed by atoms with van der Waals surface area (Å²) >= 11 is 0. The second-order valence-corrected chi connectivity index (χ2v) is 7.54. The standard InChI is InChI=1S/C22H27N3O2/c1-3-24-11-7-19-14-18(15-23-21(19)24)13-17-5-4-9-25(10-6-17)22(26)20-8-12-27-16(20)2/h7-8,11-12,14-15,17H,3-6,9-10,13H2,1-2H3. The number of hydrogen-bond donors (Lipinski definition) is 0. The molecule has 1 atom stereocenters. The smallest absolute Gasteiger partial charge is 0.257 e. The van der Waals surface area contributed by atoms with Crippen molar-refractivity contribution in [2.45, 2.75) is 46.1 Å². The van der Waals surface area contributed by atoms with Crippen LogP contribution in [0.1, 0.15) is 47.9 Å². The van der Waals surface area contributed by atoms with Gasteiger partial charge >= 0.3 is 0 Å². The van der Waals surface area contributed by atoms with Gasteiger partial charge in [0.2, 0.25) is 0 Å². The van der Waals surface area contributed by atoms with Crippen LogP contribution >= 0.6 is 0 Å². The Kier molecular flexibility index (Phi) is 5.01. The highest BCUT2D eigenvalue weighted by molar-refractivity contribution is 5.95. The van der Waals surface area contributed by atoms with Gasteiger partial charge in [-0.3, -0.25) is 4.79 Å². The van der Waals surface area contributed by atoms with Crippen molar-refractivity contribution in [1.82, 2.24) is 14.5 Å². The van der Waals surface area contributed by atoms with Crippen molar-refractivity contribution in [3.63, 3.8) is 0 Å². The zero-order valence-electron chi connectivity index (χ0n) is 16.1. The number of hydrogen-bond acceptors (Lipinski definition) is 3. The fraction of sp³-hybridized carbons (Fsp3) is 0.455. The average molecular weight is 365 g/mol. The first-order valence-electron chi connectivity index (χ1n) is 9.93. The third-order valence-corrected chi connectivity index (χ3v) is 5.75. The van der Waals surface area contributed by atoms with Crippen molar-refractivity contribution in [2.24, 2.45) is 5.92 Å². The molecule has 1 amide bonds. The molecule has 0 aliphatic carbocycles. The van der Waals surface area contributed by atoms with Gasteiger partial charge in [0.05, 0.1) is 11.8 Å². The van der Waals surface area contributed by atoms with E-state index in [0.29, 0.717) is 17.2 Å². The Morgan fingerprint density at radius 3 is 2.96 bits per heavy atom. The highest BCUT2D eigenvalue weighted by Crippen LogP contribution is 2.25. The molecule has 1 aliphatic rings. The van der Waals surface area contributed by atoms with E-state index < -0.39 is 0 Å². The molecule has 1 saturated heterocycles. The number of aryl methyl sites for hydroxylation is 2. The number of rotatable bonds is 4. The molecule has 4 heterocycles. The van der Waals surface area contributed by atoms with Crippen LogP contribution in [0.4, 0.5) is 0 Å². The van der Waals surface area contributed by atoms with E-state index in [-0.39, 0.29) is 5.91 Å². The predicted molar refractivity (Wildman–Crippen MR) is 106 cm³/mol. The zero-order chi connectivity index (χ0) is 18.8. The van der Waals surface area contributed by atoms with Crippen molar-refractivity contribution >= 4 is 16.9 Å². The summed E-state index contributed by atoms with van der Waals surface area (Å²) in [4.78, 5) is 19.4. The lowest BCUT2D eigenvalue weighted by Crippen LogP contribution is -2.32. The highest BCUT2D eigenvalue weighted by Gasteiger charge is 2.23. The van der Waals surface area contributed by atoms with Crippen LogP contribution in [0.15, 0.2) is 41.3 Å². The molecule has 1 aliphatic heterocycles. The minimum Gasteiger partial charge on any atom is -0.469 e. The number of carbonyl (C=O) groups is 1. The molecule has 5 heteroatoms. The monoisotopic (exact) mass is 365 g/mol. The number of aromatic nitrogens is 2. The lowest BCUT2D eigenvalue weighted by Gasteiger charge is -2.20. The number of fused-ring (bicyclic) bond motifs is 1. The molecule has 27 heavy (non-hydrogen) atoms. The molecule has 1 unspecified atom stereocenters. The minimum atomic E-state index is 0.103. The van der Waals surface area contributed by atoms with Gasteiger partial charge in [-0.2, -0.15) is 0 Å². The number of nitrogens with zero attached hydrogens (tertiary/aromatic N) is 3. The Morgan fingerprint density at radius 2 is 2.19 bits per heavy atom. The van der Waals surface area contributed by atoms with E-state index >= 15 is 0 Å². The molecule has 4 rings (SSSR count). The molecule has 0 radical (unpaired) electrons. The normalized spacial score (nSPS) is 18.0. The topological polar surface area (TPSA) is 51.3 Å². The van der Waals surface area contributed by atoms with Crippen LogP contribution in [0, 0.1) is 12.8 Å². The number of likely N-dealkylation sites (tertiary alicyclic amines) is 1. The van der Waals surface area contributed by atoms with E-state index in [1.807, 2.05) is 18.0 Å². The quantitative estimate of drug-likeness (QED) is 0.687. The summed E-state index contributed by atoms with van der Waals surface area (Å²) in [6.07, 6.45) is 10.0. The van der Waals surface area contributed by atoms with Gasteiger partial charge in [-0.25, -0.2) is 4.98 Å². The SMILES string of the molecule is CCn1ccc2cc(CC3CCCN(C(=O)c4ccoc4C)CC3)cnc21. The molecular formula is C22H27N3O2. The van der Waals surface area contributed by atoms with Crippen LogP contribution in [0.2, 0.25) is 0 Å². The van der Waals surface area contributed by atoms with Crippen LogP contribution in [-0.4, -0.2) is 33.4 Å². The molecule has 3 aromatic heterocycles. The Labute approximate surface area is 160 Å². The van der Waals surface area contributed by atoms with Gasteiger partial charge in [0, 0.05) is 37.4 Å². The van der Waals surface area contributed by atoms with Gasteiger partial charge in [-0.05, 0) is 69.2 Å². The number of carbonyl (C=O) groups excluding carboxylic acids is 1. The summed E-state index contributed by atoms with van der Waals surface area (Å²) in [5, 5.41) is 1.22. The number of furan rings is 1. The summed E-state index contributed by atoms with van der Waals surface area (Å²) in [6, 6.07) is 6.20. The Hall–Kier alpha value is -2.56. The van der Waals surface area contributed by atoms with E-state index in [2.05, 4.69) is 34.8 Å². The van der Waals surface area contributed by atoms with Gasteiger partial charge in [0.25, 0.3) is 5.91 Å². The Bertz CT molecular complexity index is 940. The van der Waals surface area contributed by atoms with Crippen LogP contribution in [-0.2, 0) is 13.0 Å². The first-order chi connectivity index (χ1) is 13.2. The van der Waals surface area contributed by atoms with E-state index in [1.54, 1.807) is 12.3 Å². The number of pyridine rings is 1. The fourth-order valence-corrected chi connectivity index (χ4v) is 4.17. The third kappa shape index (κ3) is 3.64. The molecule has 0 saturated carbocycles. The molecule has 142 valence electrons. The Balaban J connectivity index is 1.41. The van der Waals surface area contributed by atoms with Crippen LogP contribution in [0.3, 0.4) is 0 Å². The summed E-state index contributed by atoms with van der Waals surface area (Å²) < 4.78 is 7.47. The van der Waals surface area contributed by atoms with E-state index in [0.717, 1.165) is 51.0 Å². The second kappa shape index (κ2) is 7.59. The fourth-order valence-electron chi connectivity index (χ4n) is 4.17. The summed E-state index contributed by atoms with van der Waals surface area (Å²) in [6.45, 7) is 6.58. The molecular weight excluding hydrogens is 338 g/mol. The van der Waals surface area contributed by atoms with Crippen LogP contribution in [0.25, 0.3) is 11.0 Å². The number of amides is 1. The highest BCUT2D eigenvalue weighted by atomic mass is 16.3. The van der Waals surface area contributed by atoms with Crippen molar-refractivity contribution in [3.05, 3.63) is 53.7 Å². The summed E-state index contributed by atoms with van der Waals surface area (Å²) in [5.41, 5.74) is 3.06. The van der Waals surface area contributed by atoms with Crippen molar-refractivity contribution in [2.75, 3.05) is 13.1 Å². The largest absolute Gasteiger partial charge is 0.469 e. The lowest BCUT2D eigenvalue weighted by molar-refractivity contribution is 0.0758. The van der Waals surface area contributed by atoms with Crippen molar-refractivity contribution in [3.8, 4) is 0 Å². The molecule has 0 bridgehead atoms. The van der Waals surface area contributed by atoms with Crippen molar-refractivity contribution in [1.29, 1.82) is 0 Å². The molecule has 3 aromatic rings. The van der Waals surface area contributed by atoms with E-state index in [9.17, 15) is 4.79 Å². The van der Waals surface area contributed by atoms with Gasteiger partial charge in [0.1, 0.15) is 11.4 Å². The second-order valence-electron chi connectivity index (χ2n) is 7.54. The van der Waals surface area contributed by atoms with Gasteiger partial charge in [-0.1, -0.05) is 0 Å². The third-order valence-electron chi connectivity index (χ3n) is 5.75. The first kappa shape index (κ1) is 17.8.